The fraction of sp³-hybridized carbons (Fsp3) is 0.312. The molecule has 8 nitrogen and oxygen atoms in total. The van der Waals surface area contributed by atoms with Gasteiger partial charge >= 0.3 is 6.18 Å². The molecule has 2 aromatic rings. The average Bonchev–Trinajstić information content (AvgIpc) is 2.91. The molecule has 0 saturated heterocycles. The molecule has 2 heterocycles. The highest BCUT2D eigenvalue weighted by molar-refractivity contribution is 7.89. The summed E-state index contributed by atoms with van der Waals surface area (Å²) < 4.78 is 97.5. The molecule has 0 fully saturated rings. The second kappa shape index (κ2) is 7.52. The summed E-state index contributed by atoms with van der Waals surface area (Å²) in [5.41, 5.74) is -0.559. The molecule has 1 unspecified atom stereocenters. The first kappa shape index (κ1) is 22.0. The van der Waals surface area contributed by atoms with Gasteiger partial charge in [-0.25, -0.2) is 21.9 Å². The zero-order valence-corrected chi connectivity index (χ0v) is 15.8. The van der Waals surface area contributed by atoms with Gasteiger partial charge in [-0.3, -0.25) is 4.79 Å². The molecular weight excluding hydrogens is 441 g/mol. The molecule has 1 aromatic carbocycles. The Hall–Kier alpha value is -2.71. The van der Waals surface area contributed by atoms with Crippen molar-refractivity contribution in [2.75, 3.05) is 11.9 Å². The van der Waals surface area contributed by atoms with Gasteiger partial charge in [-0.15, -0.1) is 0 Å². The van der Waals surface area contributed by atoms with Crippen LogP contribution in [0.1, 0.15) is 10.5 Å². The number of aliphatic hydroxyl groups is 1. The largest absolute Gasteiger partial charge is 0.488 e. The van der Waals surface area contributed by atoms with Crippen molar-refractivity contribution in [1.82, 2.24) is 9.29 Å². The van der Waals surface area contributed by atoms with Crippen molar-refractivity contribution in [1.29, 1.82) is 0 Å². The van der Waals surface area contributed by atoms with Crippen LogP contribution in [0.2, 0.25) is 0 Å². The average molecular weight is 455 g/mol. The monoisotopic (exact) mass is 455 g/mol. The second-order valence-corrected chi connectivity index (χ2v) is 8.07. The van der Waals surface area contributed by atoms with Crippen molar-refractivity contribution in [3.05, 3.63) is 41.7 Å². The number of sulfonamides is 1. The van der Waals surface area contributed by atoms with Crippen molar-refractivity contribution < 1.29 is 45.0 Å². The molecule has 0 aliphatic carbocycles. The number of hydrogen-bond donors (Lipinski definition) is 3. The van der Waals surface area contributed by atoms with Gasteiger partial charge in [0, 0.05) is 25.0 Å². The molecule has 164 valence electrons. The van der Waals surface area contributed by atoms with Gasteiger partial charge in [-0.05, 0) is 12.1 Å². The number of ether oxygens (including phenoxy) is 1. The van der Waals surface area contributed by atoms with E-state index in [-0.39, 0.29) is 5.69 Å². The van der Waals surface area contributed by atoms with Gasteiger partial charge in [-0.1, -0.05) is 0 Å². The quantitative estimate of drug-likeness (QED) is 0.608. The van der Waals surface area contributed by atoms with E-state index < -0.39 is 68.8 Å². The molecular formula is C16H14F5N3O5S. The highest BCUT2D eigenvalue weighted by Gasteiger charge is 2.47. The standard InChI is InChI=1S/C16H14F5N3O5S/c1-24-5-11-13(12(24)15(26)22-7-2-3-8(17)9(18)4-7)29-6-10(23-30(11,27)28)14(25)16(19,20)21/h2-5,10,14,23,25H,6H2,1H3,(H,22,26)/t10-,14?/m0/s1. The number of fused-ring (bicyclic) bond motifs is 1. The number of aliphatic hydroxyl groups excluding tert-OH is 1. The third-order valence-electron chi connectivity index (χ3n) is 4.21. The first-order valence-electron chi connectivity index (χ1n) is 8.17. The van der Waals surface area contributed by atoms with Crippen molar-refractivity contribution in [3.63, 3.8) is 0 Å². The van der Waals surface area contributed by atoms with Gasteiger partial charge in [-0.2, -0.15) is 13.2 Å². The van der Waals surface area contributed by atoms with Crippen LogP contribution in [0.5, 0.6) is 5.75 Å². The summed E-state index contributed by atoms with van der Waals surface area (Å²) >= 11 is 0. The summed E-state index contributed by atoms with van der Waals surface area (Å²) in [6.07, 6.45) is -7.24. The van der Waals surface area contributed by atoms with E-state index in [1.807, 2.05) is 0 Å². The Morgan fingerprint density at radius 1 is 1.33 bits per heavy atom. The van der Waals surface area contributed by atoms with E-state index in [4.69, 9.17) is 4.74 Å². The fourth-order valence-electron chi connectivity index (χ4n) is 2.79. The SMILES string of the molecule is Cn1cc2c(c1C(=O)Nc1ccc(F)c(F)c1)OC[C@@H](C(O)C(F)(F)F)NS2(=O)=O. The third kappa shape index (κ3) is 4.11. The normalized spacial score (nSPS) is 19.4. The topological polar surface area (TPSA) is 110 Å². The Morgan fingerprint density at radius 2 is 2.00 bits per heavy atom. The van der Waals surface area contributed by atoms with Crippen LogP contribution >= 0.6 is 0 Å². The maximum atomic E-state index is 13.3. The molecule has 0 radical (unpaired) electrons. The summed E-state index contributed by atoms with van der Waals surface area (Å²) in [6, 6.07) is 0.427. The highest BCUT2D eigenvalue weighted by atomic mass is 32.2. The molecule has 1 aliphatic heterocycles. The van der Waals surface area contributed by atoms with Crippen molar-refractivity contribution in [2.24, 2.45) is 7.05 Å². The number of carbonyl (C=O) groups excluding carboxylic acids is 1. The number of amides is 1. The molecule has 1 amide bonds. The van der Waals surface area contributed by atoms with E-state index in [9.17, 15) is 40.3 Å². The number of benzene rings is 1. The second-order valence-electron chi connectivity index (χ2n) is 6.39. The Balaban J connectivity index is 1.95. The van der Waals surface area contributed by atoms with Crippen LogP contribution in [-0.4, -0.2) is 48.9 Å². The Labute approximate surface area is 166 Å². The first-order valence-corrected chi connectivity index (χ1v) is 9.65. The molecule has 0 spiro atoms. The molecule has 0 bridgehead atoms. The van der Waals surface area contributed by atoms with E-state index in [0.717, 1.165) is 22.9 Å². The lowest BCUT2D eigenvalue weighted by molar-refractivity contribution is -0.212. The number of nitrogens with zero attached hydrogens (tertiary/aromatic N) is 1. The van der Waals surface area contributed by atoms with Crippen molar-refractivity contribution >= 4 is 21.6 Å². The maximum absolute atomic E-state index is 13.3. The zero-order valence-electron chi connectivity index (χ0n) is 15.0. The lowest BCUT2D eigenvalue weighted by atomic mass is 10.2. The molecule has 30 heavy (non-hydrogen) atoms. The Morgan fingerprint density at radius 3 is 2.60 bits per heavy atom. The summed E-state index contributed by atoms with van der Waals surface area (Å²) in [6.45, 7) is -0.928. The smallest absolute Gasteiger partial charge is 0.416 e. The minimum Gasteiger partial charge on any atom is -0.488 e. The summed E-state index contributed by atoms with van der Waals surface area (Å²) in [5, 5.41) is 11.6. The van der Waals surface area contributed by atoms with Crippen LogP contribution in [0.15, 0.2) is 29.3 Å². The Bertz CT molecular complexity index is 1100. The maximum Gasteiger partial charge on any atom is 0.416 e. The number of hydrogen-bond acceptors (Lipinski definition) is 5. The fourth-order valence-corrected chi connectivity index (χ4v) is 4.21. The number of rotatable bonds is 3. The van der Waals surface area contributed by atoms with Crippen LogP contribution in [-0.2, 0) is 17.1 Å². The van der Waals surface area contributed by atoms with Gasteiger partial charge in [0.1, 0.15) is 11.5 Å². The minimum absolute atomic E-state index is 0.158. The number of anilines is 1. The van der Waals surface area contributed by atoms with Crippen LogP contribution < -0.4 is 14.8 Å². The third-order valence-corrected chi connectivity index (χ3v) is 5.70. The minimum atomic E-state index is -5.12. The van der Waals surface area contributed by atoms with Crippen molar-refractivity contribution in [2.45, 2.75) is 23.2 Å². The Kier molecular flexibility index (Phi) is 5.51. The number of halogens is 5. The van der Waals surface area contributed by atoms with Crippen LogP contribution in [0.4, 0.5) is 27.6 Å². The van der Waals surface area contributed by atoms with E-state index in [1.165, 1.54) is 7.05 Å². The lowest BCUT2D eigenvalue weighted by Gasteiger charge is -2.23. The molecule has 3 rings (SSSR count). The van der Waals surface area contributed by atoms with Crippen LogP contribution in [0.25, 0.3) is 0 Å². The molecule has 1 aliphatic rings. The zero-order chi connectivity index (χ0) is 22.4. The van der Waals surface area contributed by atoms with Gasteiger partial charge in [0.05, 0.1) is 6.04 Å². The van der Waals surface area contributed by atoms with Gasteiger partial charge in [0.2, 0.25) is 10.0 Å². The van der Waals surface area contributed by atoms with E-state index >= 15 is 0 Å². The number of carbonyl (C=O) groups is 1. The van der Waals surface area contributed by atoms with E-state index in [1.54, 1.807) is 4.72 Å². The van der Waals surface area contributed by atoms with Gasteiger partial charge < -0.3 is 19.7 Å². The lowest BCUT2D eigenvalue weighted by Crippen LogP contribution is -2.51. The molecule has 3 N–H and O–H groups in total. The van der Waals surface area contributed by atoms with Gasteiger partial charge in [0.25, 0.3) is 5.91 Å². The van der Waals surface area contributed by atoms with E-state index in [0.29, 0.717) is 6.07 Å². The summed E-state index contributed by atoms with van der Waals surface area (Å²) in [4.78, 5) is 12.0. The van der Waals surface area contributed by atoms with Gasteiger partial charge in [0.15, 0.2) is 29.2 Å². The van der Waals surface area contributed by atoms with Crippen LogP contribution in [0.3, 0.4) is 0 Å². The van der Waals surface area contributed by atoms with E-state index in [2.05, 4.69) is 5.32 Å². The first-order chi connectivity index (χ1) is 13.8. The highest BCUT2D eigenvalue weighted by Crippen LogP contribution is 2.34. The predicted molar refractivity (Wildman–Crippen MR) is 91.4 cm³/mol. The van der Waals surface area contributed by atoms with Crippen molar-refractivity contribution in [3.8, 4) is 5.75 Å². The van der Waals surface area contributed by atoms with Crippen LogP contribution in [0, 0.1) is 11.6 Å². The number of aromatic nitrogens is 1. The number of nitrogens with one attached hydrogen (secondary N) is 2. The number of alkyl halides is 3. The predicted octanol–water partition coefficient (Wildman–Crippen LogP) is 1.52. The molecule has 1 aromatic heterocycles. The molecule has 0 saturated carbocycles. The summed E-state index contributed by atoms with van der Waals surface area (Å²) in [5.74, 6) is -3.95. The summed E-state index contributed by atoms with van der Waals surface area (Å²) in [7, 11) is -3.33. The molecule has 14 heteroatoms. The molecule has 2 atom stereocenters. The number of aryl methyl sites for hydroxylation is 1.